The molecule has 1 aromatic carbocycles. The normalized spacial score (nSPS) is 18.9. The SMILES string of the molecule is COC(=O)c1c(OC[C@H]2CCCCO2)cc(=O)n2c1CCN(Cc1cccc(F)c1F)CC2. The highest BCUT2D eigenvalue weighted by molar-refractivity contribution is 5.93. The van der Waals surface area contributed by atoms with Crippen molar-refractivity contribution < 1.29 is 27.8 Å². The van der Waals surface area contributed by atoms with Crippen molar-refractivity contribution in [3.05, 3.63) is 63.1 Å². The van der Waals surface area contributed by atoms with E-state index in [2.05, 4.69) is 0 Å². The number of rotatable bonds is 6. The van der Waals surface area contributed by atoms with E-state index in [1.165, 1.54) is 23.8 Å². The van der Waals surface area contributed by atoms with Crippen molar-refractivity contribution in [3.8, 4) is 5.75 Å². The summed E-state index contributed by atoms with van der Waals surface area (Å²) in [5.74, 6) is -2.15. The van der Waals surface area contributed by atoms with Crippen LogP contribution >= 0.6 is 0 Å². The van der Waals surface area contributed by atoms with Crippen molar-refractivity contribution in [2.45, 2.75) is 44.9 Å². The molecule has 2 aliphatic heterocycles. The predicted octanol–water partition coefficient (Wildman–Crippen LogP) is 2.92. The van der Waals surface area contributed by atoms with E-state index in [4.69, 9.17) is 14.2 Å². The van der Waals surface area contributed by atoms with E-state index in [1.54, 1.807) is 6.07 Å². The van der Waals surface area contributed by atoms with Crippen LogP contribution in [0.2, 0.25) is 0 Å². The van der Waals surface area contributed by atoms with Gasteiger partial charge in [-0.3, -0.25) is 9.69 Å². The largest absolute Gasteiger partial charge is 0.490 e. The smallest absolute Gasteiger partial charge is 0.343 e. The van der Waals surface area contributed by atoms with Crippen LogP contribution in [-0.4, -0.2) is 55.0 Å². The fourth-order valence-electron chi connectivity index (χ4n) is 4.42. The second-order valence-corrected chi connectivity index (χ2v) is 8.35. The van der Waals surface area contributed by atoms with Crippen molar-refractivity contribution in [2.24, 2.45) is 0 Å². The van der Waals surface area contributed by atoms with Gasteiger partial charge in [0.2, 0.25) is 0 Å². The van der Waals surface area contributed by atoms with E-state index in [0.29, 0.717) is 38.4 Å². The molecule has 1 atom stereocenters. The van der Waals surface area contributed by atoms with E-state index >= 15 is 0 Å². The number of carbonyl (C=O) groups excluding carboxylic acids is 1. The number of nitrogens with zero attached hydrogens (tertiary/aromatic N) is 2. The van der Waals surface area contributed by atoms with Gasteiger partial charge in [0, 0.05) is 56.5 Å². The molecule has 2 aromatic rings. The summed E-state index contributed by atoms with van der Waals surface area (Å²) in [5, 5.41) is 0. The van der Waals surface area contributed by atoms with Crippen LogP contribution in [0.15, 0.2) is 29.1 Å². The Morgan fingerprint density at radius 3 is 2.82 bits per heavy atom. The van der Waals surface area contributed by atoms with Crippen LogP contribution in [-0.2, 0) is 29.0 Å². The fourth-order valence-corrected chi connectivity index (χ4v) is 4.42. The number of halogens is 2. The zero-order valence-corrected chi connectivity index (χ0v) is 18.6. The number of carbonyl (C=O) groups is 1. The molecule has 0 unspecified atom stereocenters. The summed E-state index contributed by atoms with van der Waals surface area (Å²) in [5.41, 5.74) is 0.719. The monoisotopic (exact) mass is 462 g/mol. The first-order chi connectivity index (χ1) is 16.0. The molecule has 1 aromatic heterocycles. The van der Waals surface area contributed by atoms with Gasteiger partial charge in [-0.1, -0.05) is 12.1 Å². The van der Waals surface area contributed by atoms with Crippen LogP contribution in [0.25, 0.3) is 0 Å². The summed E-state index contributed by atoms with van der Waals surface area (Å²) < 4.78 is 45.9. The minimum atomic E-state index is -0.890. The summed E-state index contributed by atoms with van der Waals surface area (Å²) in [6.07, 6.45) is 3.20. The highest BCUT2D eigenvalue weighted by atomic mass is 19.2. The molecular formula is C24H28F2N2O5. The van der Waals surface area contributed by atoms with Gasteiger partial charge in [0.15, 0.2) is 11.6 Å². The Labute approximate surface area is 190 Å². The summed E-state index contributed by atoms with van der Waals surface area (Å²) in [6, 6.07) is 5.42. The number of methoxy groups -OCH3 is 1. The molecule has 0 spiro atoms. The Hall–Kier alpha value is -2.78. The Morgan fingerprint density at radius 1 is 1.21 bits per heavy atom. The van der Waals surface area contributed by atoms with Crippen LogP contribution in [0.3, 0.4) is 0 Å². The summed E-state index contributed by atoms with van der Waals surface area (Å²) >= 11 is 0. The molecule has 2 aliphatic rings. The molecule has 3 heterocycles. The molecule has 0 radical (unpaired) electrons. The van der Waals surface area contributed by atoms with E-state index in [0.717, 1.165) is 25.3 Å². The third-order valence-electron chi connectivity index (χ3n) is 6.20. The Kier molecular flexibility index (Phi) is 7.39. The van der Waals surface area contributed by atoms with Gasteiger partial charge in [-0.2, -0.15) is 0 Å². The molecule has 0 N–H and O–H groups in total. The molecule has 9 heteroatoms. The zero-order chi connectivity index (χ0) is 23.4. The minimum absolute atomic E-state index is 0.0810. The summed E-state index contributed by atoms with van der Waals surface area (Å²) in [6.45, 7) is 2.32. The number of hydrogen-bond acceptors (Lipinski definition) is 6. The lowest BCUT2D eigenvalue weighted by Gasteiger charge is -2.24. The third-order valence-corrected chi connectivity index (χ3v) is 6.20. The second kappa shape index (κ2) is 10.4. The van der Waals surface area contributed by atoms with Crippen LogP contribution in [0.5, 0.6) is 5.75 Å². The number of pyridine rings is 1. The first kappa shape index (κ1) is 23.4. The van der Waals surface area contributed by atoms with Crippen molar-refractivity contribution in [2.75, 3.05) is 33.4 Å². The molecule has 0 aliphatic carbocycles. The maximum atomic E-state index is 14.1. The quantitative estimate of drug-likeness (QED) is 0.615. The first-order valence-electron chi connectivity index (χ1n) is 11.2. The first-order valence-corrected chi connectivity index (χ1v) is 11.2. The highest BCUT2D eigenvalue weighted by Crippen LogP contribution is 2.26. The van der Waals surface area contributed by atoms with E-state index in [-0.39, 0.29) is 41.7 Å². The van der Waals surface area contributed by atoms with Crippen molar-refractivity contribution >= 4 is 5.97 Å². The third kappa shape index (κ3) is 5.25. The lowest BCUT2D eigenvalue weighted by atomic mass is 10.1. The molecule has 4 rings (SSSR count). The molecule has 0 saturated carbocycles. The Balaban J connectivity index is 1.57. The number of aromatic nitrogens is 1. The number of esters is 1. The number of hydrogen-bond donors (Lipinski definition) is 0. The molecular weight excluding hydrogens is 434 g/mol. The summed E-state index contributed by atoms with van der Waals surface area (Å²) in [7, 11) is 1.29. The zero-order valence-electron chi connectivity index (χ0n) is 18.6. The average molecular weight is 462 g/mol. The molecule has 0 amide bonds. The van der Waals surface area contributed by atoms with Crippen LogP contribution in [0.1, 0.15) is 40.9 Å². The van der Waals surface area contributed by atoms with Crippen LogP contribution < -0.4 is 10.3 Å². The van der Waals surface area contributed by atoms with Gasteiger partial charge in [0.25, 0.3) is 5.56 Å². The minimum Gasteiger partial charge on any atom is -0.490 e. The van der Waals surface area contributed by atoms with Crippen molar-refractivity contribution in [1.82, 2.24) is 9.47 Å². The van der Waals surface area contributed by atoms with Crippen LogP contribution in [0, 0.1) is 11.6 Å². The van der Waals surface area contributed by atoms with Gasteiger partial charge in [-0.25, -0.2) is 13.6 Å². The molecule has 1 saturated heterocycles. The van der Waals surface area contributed by atoms with Crippen molar-refractivity contribution in [1.29, 1.82) is 0 Å². The maximum Gasteiger partial charge on any atom is 0.343 e. The number of fused-ring (bicyclic) bond motifs is 1. The molecule has 33 heavy (non-hydrogen) atoms. The molecule has 178 valence electrons. The van der Waals surface area contributed by atoms with E-state index < -0.39 is 17.6 Å². The molecule has 1 fully saturated rings. The maximum absolute atomic E-state index is 14.1. The number of ether oxygens (including phenoxy) is 3. The fraction of sp³-hybridized carbons (Fsp3) is 0.500. The molecule has 7 nitrogen and oxygen atoms in total. The lowest BCUT2D eigenvalue weighted by Crippen LogP contribution is -2.30. The number of benzene rings is 1. The Bertz CT molecular complexity index is 1070. The van der Waals surface area contributed by atoms with Gasteiger partial charge in [0.05, 0.1) is 13.2 Å². The highest BCUT2D eigenvalue weighted by Gasteiger charge is 2.27. The van der Waals surface area contributed by atoms with Crippen LogP contribution in [0.4, 0.5) is 8.78 Å². The van der Waals surface area contributed by atoms with E-state index in [9.17, 15) is 18.4 Å². The van der Waals surface area contributed by atoms with Gasteiger partial charge < -0.3 is 18.8 Å². The van der Waals surface area contributed by atoms with Gasteiger partial charge >= 0.3 is 5.97 Å². The Morgan fingerprint density at radius 2 is 2.06 bits per heavy atom. The standard InChI is InChI=1S/C24H28F2N2O5/c1-31-24(30)22-19-8-9-27(14-16-5-4-7-18(25)23(16)26)10-11-28(19)21(29)13-20(22)33-15-17-6-2-3-12-32-17/h4-5,7,13,17H,2-3,6,8-12,14-15H2,1H3/t17-/m1/s1. The van der Waals surface area contributed by atoms with Gasteiger partial charge in [-0.15, -0.1) is 0 Å². The summed E-state index contributed by atoms with van der Waals surface area (Å²) in [4.78, 5) is 27.5. The predicted molar refractivity (Wildman–Crippen MR) is 116 cm³/mol. The van der Waals surface area contributed by atoms with Crippen molar-refractivity contribution in [3.63, 3.8) is 0 Å². The lowest BCUT2D eigenvalue weighted by molar-refractivity contribution is -0.0114. The average Bonchev–Trinajstić information content (AvgIpc) is 3.04. The van der Waals surface area contributed by atoms with Gasteiger partial charge in [0.1, 0.15) is 17.9 Å². The second-order valence-electron chi connectivity index (χ2n) is 8.35. The topological polar surface area (TPSA) is 70.0 Å². The molecule has 0 bridgehead atoms. The van der Waals surface area contributed by atoms with Gasteiger partial charge in [-0.05, 0) is 25.3 Å². The van der Waals surface area contributed by atoms with E-state index in [1.807, 2.05) is 4.90 Å².